The second kappa shape index (κ2) is 6.86. The Hall–Kier alpha value is -1.39. The minimum absolute atomic E-state index is 0.112. The molecule has 0 aliphatic heterocycles. The summed E-state index contributed by atoms with van der Waals surface area (Å²) < 4.78 is 19.5. The van der Waals surface area contributed by atoms with Crippen LogP contribution in [0.1, 0.15) is 24.1 Å². The van der Waals surface area contributed by atoms with Crippen molar-refractivity contribution >= 4 is 15.9 Å². The predicted octanol–water partition coefficient (Wildman–Crippen LogP) is 4.45. The topological polar surface area (TPSA) is 21.3 Å². The van der Waals surface area contributed by atoms with Gasteiger partial charge in [0.25, 0.3) is 0 Å². The largest absolute Gasteiger partial charge is 0.496 e. The minimum atomic E-state index is -0.227. The Morgan fingerprint density at radius 2 is 2.00 bits per heavy atom. The van der Waals surface area contributed by atoms with E-state index in [4.69, 9.17) is 4.74 Å². The Bertz CT molecular complexity index is 588. The summed E-state index contributed by atoms with van der Waals surface area (Å²) in [7, 11) is 1.66. The van der Waals surface area contributed by atoms with Gasteiger partial charge in [-0.25, -0.2) is 4.39 Å². The summed E-state index contributed by atoms with van der Waals surface area (Å²) >= 11 is 3.43. The van der Waals surface area contributed by atoms with Crippen LogP contribution in [0.3, 0.4) is 0 Å². The number of methoxy groups -OCH3 is 1. The van der Waals surface area contributed by atoms with Crippen LogP contribution in [0.5, 0.6) is 5.75 Å². The third kappa shape index (κ3) is 3.58. The van der Waals surface area contributed by atoms with Crippen molar-refractivity contribution in [3.05, 3.63) is 63.9 Å². The van der Waals surface area contributed by atoms with E-state index >= 15 is 0 Å². The van der Waals surface area contributed by atoms with Gasteiger partial charge in [-0.2, -0.15) is 0 Å². The van der Waals surface area contributed by atoms with Gasteiger partial charge in [-0.05, 0) is 36.8 Å². The van der Waals surface area contributed by atoms with E-state index in [2.05, 4.69) is 28.2 Å². The summed E-state index contributed by atoms with van der Waals surface area (Å²) in [5.41, 5.74) is 1.98. The quantitative estimate of drug-likeness (QED) is 0.870. The van der Waals surface area contributed by atoms with E-state index in [1.165, 1.54) is 12.1 Å². The van der Waals surface area contributed by atoms with Crippen molar-refractivity contribution < 1.29 is 9.13 Å². The van der Waals surface area contributed by atoms with Gasteiger partial charge < -0.3 is 10.1 Å². The number of ether oxygens (including phenoxy) is 1. The molecular weight excluding hydrogens is 321 g/mol. The van der Waals surface area contributed by atoms with E-state index in [-0.39, 0.29) is 11.9 Å². The van der Waals surface area contributed by atoms with Gasteiger partial charge in [0.2, 0.25) is 0 Å². The Morgan fingerprint density at radius 1 is 1.25 bits per heavy atom. The molecule has 1 N–H and O–H groups in total. The van der Waals surface area contributed by atoms with Gasteiger partial charge in [-0.3, -0.25) is 0 Å². The van der Waals surface area contributed by atoms with Gasteiger partial charge in [-0.1, -0.05) is 34.1 Å². The molecule has 106 valence electrons. The van der Waals surface area contributed by atoms with E-state index in [0.717, 1.165) is 21.3 Å². The lowest BCUT2D eigenvalue weighted by Gasteiger charge is -2.17. The minimum Gasteiger partial charge on any atom is -0.496 e. The third-order valence-corrected chi connectivity index (χ3v) is 3.99. The monoisotopic (exact) mass is 337 g/mol. The van der Waals surface area contributed by atoms with Crippen molar-refractivity contribution in [3.63, 3.8) is 0 Å². The van der Waals surface area contributed by atoms with Crippen LogP contribution >= 0.6 is 15.9 Å². The Morgan fingerprint density at radius 3 is 2.75 bits per heavy atom. The highest BCUT2D eigenvalue weighted by Gasteiger charge is 2.11. The second-order valence-corrected chi connectivity index (χ2v) is 5.43. The highest BCUT2D eigenvalue weighted by molar-refractivity contribution is 9.10. The molecule has 0 amide bonds. The maximum atomic E-state index is 13.2. The van der Waals surface area contributed by atoms with Crippen LogP contribution in [0.2, 0.25) is 0 Å². The zero-order chi connectivity index (χ0) is 14.5. The summed E-state index contributed by atoms with van der Waals surface area (Å²) in [5, 5.41) is 3.38. The summed E-state index contributed by atoms with van der Waals surface area (Å²) in [6.45, 7) is 2.64. The molecular formula is C16H17BrFNO. The molecule has 0 unspecified atom stereocenters. The zero-order valence-corrected chi connectivity index (χ0v) is 13.1. The molecule has 0 fully saturated rings. The number of benzene rings is 2. The number of rotatable bonds is 5. The fourth-order valence-corrected chi connectivity index (χ4v) is 2.46. The smallest absolute Gasteiger partial charge is 0.123 e. The number of para-hydroxylation sites is 1. The van der Waals surface area contributed by atoms with Gasteiger partial charge in [0.15, 0.2) is 0 Å². The summed E-state index contributed by atoms with van der Waals surface area (Å²) in [6.07, 6.45) is 0. The fourth-order valence-electron chi connectivity index (χ4n) is 2.08. The van der Waals surface area contributed by atoms with Crippen LogP contribution in [-0.4, -0.2) is 7.11 Å². The van der Waals surface area contributed by atoms with Crippen molar-refractivity contribution in [1.82, 2.24) is 5.32 Å². The molecule has 4 heteroatoms. The van der Waals surface area contributed by atoms with E-state index < -0.39 is 0 Å². The average molecular weight is 338 g/mol. The van der Waals surface area contributed by atoms with Crippen LogP contribution in [-0.2, 0) is 6.54 Å². The maximum Gasteiger partial charge on any atom is 0.123 e. The Labute approximate surface area is 127 Å². The van der Waals surface area contributed by atoms with Crippen molar-refractivity contribution in [3.8, 4) is 5.75 Å². The lowest BCUT2D eigenvalue weighted by atomic mass is 10.1. The van der Waals surface area contributed by atoms with E-state index in [0.29, 0.717) is 6.54 Å². The molecule has 0 saturated heterocycles. The number of hydrogen-bond acceptors (Lipinski definition) is 2. The molecule has 0 radical (unpaired) electrons. The third-order valence-electron chi connectivity index (χ3n) is 3.21. The van der Waals surface area contributed by atoms with Crippen LogP contribution in [0.25, 0.3) is 0 Å². The molecule has 0 bridgehead atoms. The normalized spacial score (nSPS) is 12.2. The molecule has 0 saturated carbocycles. The van der Waals surface area contributed by atoms with E-state index in [1.54, 1.807) is 13.2 Å². The van der Waals surface area contributed by atoms with Crippen molar-refractivity contribution in [2.75, 3.05) is 7.11 Å². The first kappa shape index (κ1) is 15.0. The molecule has 2 rings (SSSR count). The van der Waals surface area contributed by atoms with Crippen molar-refractivity contribution in [2.24, 2.45) is 0 Å². The second-order valence-electron chi connectivity index (χ2n) is 4.58. The lowest BCUT2D eigenvalue weighted by molar-refractivity contribution is 0.401. The zero-order valence-electron chi connectivity index (χ0n) is 11.5. The van der Waals surface area contributed by atoms with Crippen molar-refractivity contribution in [2.45, 2.75) is 19.5 Å². The van der Waals surface area contributed by atoms with Crippen LogP contribution in [0, 0.1) is 5.82 Å². The molecule has 1 atom stereocenters. The van der Waals surface area contributed by atoms with Crippen LogP contribution in [0.4, 0.5) is 4.39 Å². The first-order valence-electron chi connectivity index (χ1n) is 6.42. The molecule has 0 heterocycles. The highest BCUT2D eigenvalue weighted by Crippen LogP contribution is 2.25. The summed E-state index contributed by atoms with van der Waals surface area (Å²) in [5.74, 6) is 0.626. The summed E-state index contributed by atoms with van der Waals surface area (Å²) in [6, 6.07) is 12.7. The molecule has 2 aromatic carbocycles. The van der Waals surface area contributed by atoms with Crippen molar-refractivity contribution in [1.29, 1.82) is 0 Å². The molecule has 0 spiro atoms. The lowest BCUT2D eigenvalue weighted by Crippen LogP contribution is -2.19. The SMILES string of the molecule is COc1ccccc1[C@@H](C)NCc1cc(F)ccc1Br. The predicted molar refractivity (Wildman–Crippen MR) is 82.3 cm³/mol. The van der Waals surface area contributed by atoms with Gasteiger partial charge in [0, 0.05) is 22.6 Å². The number of halogens is 2. The maximum absolute atomic E-state index is 13.2. The molecule has 0 aromatic heterocycles. The van der Waals surface area contributed by atoms with Crippen LogP contribution < -0.4 is 10.1 Å². The molecule has 0 aliphatic carbocycles. The first-order chi connectivity index (χ1) is 9.61. The van der Waals surface area contributed by atoms with Crippen LogP contribution in [0.15, 0.2) is 46.9 Å². The van der Waals surface area contributed by atoms with E-state index in [9.17, 15) is 4.39 Å². The fraction of sp³-hybridized carbons (Fsp3) is 0.250. The van der Waals surface area contributed by atoms with Gasteiger partial charge in [0.1, 0.15) is 11.6 Å². The Balaban J connectivity index is 2.08. The standard InChI is InChI=1S/C16H17BrFNO/c1-11(14-5-3-4-6-16(14)20-2)19-10-12-9-13(18)7-8-15(12)17/h3-9,11,19H,10H2,1-2H3/t11-/m1/s1. The van der Waals surface area contributed by atoms with Gasteiger partial charge in [-0.15, -0.1) is 0 Å². The molecule has 2 aromatic rings. The average Bonchev–Trinajstić information content (AvgIpc) is 2.47. The molecule has 2 nitrogen and oxygen atoms in total. The Kier molecular flexibility index (Phi) is 5.15. The molecule has 20 heavy (non-hydrogen) atoms. The summed E-state index contributed by atoms with van der Waals surface area (Å²) in [4.78, 5) is 0. The number of hydrogen-bond donors (Lipinski definition) is 1. The number of nitrogens with one attached hydrogen (secondary N) is 1. The van der Waals surface area contributed by atoms with Gasteiger partial charge in [0.05, 0.1) is 7.11 Å². The highest BCUT2D eigenvalue weighted by atomic mass is 79.9. The first-order valence-corrected chi connectivity index (χ1v) is 7.21. The van der Waals surface area contributed by atoms with E-state index in [1.807, 2.05) is 24.3 Å². The van der Waals surface area contributed by atoms with Gasteiger partial charge >= 0.3 is 0 Å². The molecule has 0 aliphatic rings.